The highest BCUT2D eigenvalue weighted by molar-refractivity contribution is 8.15. The Morgan fingerprint density at radius 3 is 2.52 bits per heavy atom. The summed E-state index contributed by atoms with van der Waals surface area (Å²) in [6.45, 7) is 4.03. The number of carbonyl (C=O) groups is 2. The van der Waals surface area contributed by atoms with E-state index < -0.39 is 12.4 Å². The molecular formula is C29H24ClF3N6O4S. The number of halogens is 4. The maximum atomic E-state index is 12.7. The lowest BCUT2D eigenvalue weighted by molar-refractivity contribution is -0.274. The first-order valence-corrected chi connectivity index (χ1v) is 14.5. The Morgan fingerprint density at radius 1 is 1.11 bits per heavy atom. The van der Waals surface area contributed by atoms with Gasteiger partial charge in [0.1, 0.15) is 12.1 Å². The summed E-state index contributed by atoms with van der Waals surface area (Å²) < 4.78 is 42.5. The van der Waals surface area contributed by atoms with E-state index in [0.29, 0.717) is 27.8 Å². The SMILES string of the molecule is CC(C)c1ccc(Cl)cc1N1C(=O)CSC1=NC(=O)NOCc1ccc(-c2ncn(-c3ccc(OC(F)(F)F)cc3)n2)cc1. The number of benzene rings is 3. The lowest BCUT2D eigenvalue weighted by atomic mass is 10.0. The van der Waals surface area contributed by atoms with Crippen LogP contribution in [0.15, 0.2) is 78.0 Å². The van der Waals surface area contributed by atoms with Gasteiger partial charge in [0.2, 0.25) is 5.91 Å². The molecule has 0 saturated carbocycles. The average molecular weight is 645 g/mol. The summed E-state index contributed by atoms with van der Waals surface area (Å²) in [5.41, 5.74) is 5.67. The molecule has 0 aliphatic carbocycles. The van der Waals surface area contributed by atoms with Crippen molar-refractivity contribution in [3.63, 3.8) is 0 Å². The van der Waals surface area contributed by atoms with E-state index in [1.165, 1.54) is 40.2 Å². The molecule has 0 unspecified atom stereocenters. The molecule has 2 heterocycles. The molecule has 0 radical (unpaired) electrons. The Balaban J connectivity index is 1.17. The minimum atomic E-state index is -4.77. The molecule has 1 fully saturated rings. The van der Waals surface area contributed by atoms with E-state index in [-0.39, 0.29) is 35.1 Å². The number of amides is 3. The van der Waals surface area contributed by atoms with Crippen molar-refractivity contribution >= 4 is 46.2 Å². The maximum Gasteiger partial charge on any atom is 0.573 e. The monoisotopic (exact) mass is 644 g/mol. The topological polar surface area (TPSA) is 111 Å². The molecule has 0 spiro atoms. The minimum absolute atomic E-state index is 0.0344. The molecule has 228 valence electrons. The predicted octanol–water partition coefficient (Wildman–Crippen LogP) is 6.89. The van der Waals surface area contributed by atoms with Crippen LogP contribution in [0.4, 0.5) is 23.7 Å². The third-order valence-corrected chi connectivity index (χ3v) is 7.41. The van der Waals surface area contributed by atoms with Crippen molar-refractivity contribution in [3.05, 3.63) is 89.2 Å². The van der Waals surface area contributed by atoms with E-state index in [0.717, 1.165) is 22.9 Å². The van der Waals surface area contributed by atoms with E-state index in [4.69, 9.17) is 16.4 Å². The highest BCUT2D eigenvalue weighted by atomic mass is 35.5. The first-order chi connectivity index (χ1) is 21.0. The fourth-order valence-electron chi connectivity index (χ4n) is 4.24. The molecule has 1 N–H and O–H groups in total. The van der Waals surface area contributed by atoms with E-state index >= 15 is 0 Å². The number of thioether (sulfide) groups is 1. The number of nitrogens with one attached hydrogen (secondary N) is 1. The van der Waals surface area contributed by atoms with E-state index in [1.807, 2.05) is 19.9 Å². The summed E-state index contributed by atoms with van der Waals surface area (Å²) in [4.78, 5) is 40.2. The summed E-state index contributed by atoms with van der Waals surface area (Å²) in [6.07, 6.45) is -3.33. The van der Waals surface area contributed by atoms with Crippen LogP contribution in [0.25, 0.3) is 17.1 Å². The molecule has 4 aromatic rings. The highest BCUT2D eigenvalue weighted by Crippen LogP contribution is 2.35. The van der Waals surface area contributed by atoms with Crippen LogP contribution in [-0.4, -0.2) is 44.0 Å². The van der Waals surface area contributed by atoms with Gasteiger partial charge in [0, 0.05) is 10.6 Å². The first-order valence-electron chi connectivity index (χ1n) is 13.1. The van der Waals surface area contributed by atoms with Crippen molar-refractivity contribution in [3.8, 4) is 22.8 Å². The number of aromatic nitrogens is 3. The summed E-state index contributed by atoms with van der Waals surface area (Å²) in [5.74, 6) is 0.0968. The number of ether oxygens (including phenoxy) is 1. The molecule has 1 aliphatic rings. The number of urea groups is 1. The molecule has 44 heavy (non-hydrogen) atoms. The molecule has 1 aliphatic heterocycles. The van der Waals surface area contributed by atoms with Crippen LogP contribution in [0.5, 0.6) is 5.75 Å². The Kier molecular flexibility index (Phi) is 9.22. The average Bonchev–Trinajstić information content (AvgIpc) is 3.60. The third kappa shape index (κ3) is 7.56. The number of hydrogen-bond acceptors (Lipinski definition) is 7. The van der Waals surface area contributed by atoms with Crippen molar-refractivity contribution < 1.29 is 32.3 Å². The smallest absolute Gasteiger partial charge is 0.406 e. The number of aliphatic imine (C=N–C) groups is 1. The van der Waals surface area contributed by atoms with Crippen molar-refractivity contribution in [2.75, 3.05) is 10.7 Å². The molecule has 1 saturated heterocycles. The molecule has 1 aromatic heterocycles. The van der Waals surface area contributed by atoms with Gasteiger partial charge in [-0.2, -0.15) is 4.99 Å². The predicted molar refractivity (Wildman–Crippen MR) is 160 cm³/mol. The Morgan fingerprint density at radius 2 is 1.84 bits per heavy atom. The standard InChI is InChI=1S/C29H24ClF3N6O4S/c1-17(2)23-12-7-20(30)13-24(23)39-25(40)15-44-28(39)35-27(41)37-42-14-18-3-5-19(6-4-18)26-34-16-38(36-26)21-8-10-22(11-9-21)43-29(31,32)33/h3-13,16-17H,14-15H2,1-2H3,(H,37,41). The van der Waals surface area contributed by atoms with Crippen LogP contribution in [-0.2, 0) is 16.2 Å². The van der Waals surface area contributed by atoms with Gasteiger partial charge in [-0.25, -0.2) is 19.9 Å². The van der Waals surface area contributed by atoms with Crippen molar-refractivity contribution in [2.45, 2.75) is 32.7 Å². The van der Waals surface area contributed by atoms with Crippen molar-refractivity contribution in [2.24, 2.45) is 4.99 Å². The quantitative estimate of drug-likeness (QED) is 0.208. The number of carbonyl (C=O) groups excluding carboxylic acids is 2. The Bertz CT molecular complexity index is 1690. The molecule has 10 nitrogen and oxygen atoms in total. The van der Waals surface area contributed by atoms with Crippen LogP contribution in [0.2, 0.25) is 5.02 Å². The van der Waals surface area contributed by atoms with Crippen LogP contribution in [0.1, 0.15) is 30.9 Å². The number of alkyl halides is 3. The zero-order valence-electron chi connectivity index (χ0n) is 23.2. The van der Waals surface area contributed by atoms with Gasteiger partial charge in [-0.3, -0.25) is 14.5 Å². The van der Waals surface area contributed by atoms with E-state index in [1.54, 1.807) is 36.4 Å². The molecule has 3 amide bonds. The van der Waals surface area contributed by atoms with Crippen molar-refractivity contribution in [1.82, 2.24) is 20.2 Å². The fourth-order valence-corrected chi connectivity index (χ4v) is 5.27. The van der Waals surface area contributed by atoms with Crippen LogP contribution in [0, 0.1) is 0 Å². The summed E-state index contributed by atoms with van der Waals surface area (Å²) in [5, 5.41) is 5.06. The van der Waals surface area contributed by atoms with Gasteiger partial charge < -0.3 is 4.74 Å². The number of hydrogen-bond donors (Lipinski definition) is 1. The van der Waals surface area contributed by atoms with Gasteiger partial charge in [-0.1, -0.05) is 67.5 Å². The fraction of sp³-hybridized carbons (Fsp3) is 0.207. The largest absolute Gasteiger partial charge is 0.573 e. The number of rotatable bonds is 8. The molecule has 0 bridgehead atoms. The summed E-state index contributed by atoms with van der Waals surface area (Å²) in [6, 6.07) is 16.8. The molecular weight excluding hydrogens is 621 g/mol. The number of amidine groups is 1. The van der Waals surface area contributed by atoms with Gasteiger partial charge >= 0.3 is 12.4 Å². The highest BCUT2D eigenvalue weighted by Gasteiger charge is 2.33. The summed E-state index contributed by atoms with van der Waals surface area (Å²) >= 11 is 7.34. The minimum Gasteiger partial charge on any atom is -0.406 e. The lowest BCUT2D eigenvalue weighted by Gasteiger charge is -2.21. The molecule has 0 atom stereocenters. The van der Waals surface area contributed by atoms with Crippen molar-refractivity contribution in [1.29, 1.82) is 0 Å². The maximum absolute atomic E-state index is 12.7. The second-order valence-corrected chi connectivity index (χ2v) is 11.1. The normalized spacial score (nSPS) is 14.5. The first kappa shape index (κ1) is 31.0. The third-order valence-electron chi connectivity index (χ3n) is 6.26. The van der Waals surface area contributed by atoms with Crippen LogP contribution in [0.3, 0.4) is 0 Å². The molecule has 5 rings (SSSR count). The Labute approximate surface area is 258 Å². The van der Waals surface area contributed by atoms with Crippen LogP contribution >= 0.6 is 23.4 Å². The second-order valence-electron chi connectivity index (χ2n) is 9.72. The number of anilines is 1. The second kappa shape index (κ2) is 13.1. The van der Waals surface area contributed by atoms with Gasteiger partial charge in [0.05, 0.1) is 23.7 Å². The van der Waals surface area contributed by atoms with Gasteiger partial charge in [-0.15, -0.1) is 18.3 Å². The van der Waals surface area contributed by atoms with Gasteiger partial charge in [-0.05, 0) is 53.4 Å². The molecule has 15 heteroatoms. The van der Waals surface area contributed by atoms with Crippen LogP contribution < -0.4 is 15.1 Å². The summed E-state index contributed by atoms with van der Waals surface area (Å²) in [7, 11) is 0. The molecule has 3 aromatic carbocycles. The van der Waals surface area contributed by atoms with E-state index in [9.17, 15) is 22.8 Å². The van der Waals surface area contributed by atoms with E-state index in [2.05, 4.69) is 25.3 Å². The zero-order chi connectivity index (χ0) is 31.4. The zero-order valence-corrected chi connectivity index (χ0v) is 24.8. The lowest BCUT2D eigenvalue weighted by Crippen LogP contribution is -2.32. The Hall–Kier alpha value is -4.40. The van der Waals surface area contributed by atoms with Gasteiger partial charge in [0.25, 0.3) is 0 Å². The number of hydroxylamine groups is 1. The van der Waals surface area contributed by atoms with Gasteiger partial charge in [0.15, 0.2) is 11.0 Å². The number of nitrogens with zero attached hydrogens (tertiary/aromatic N) is 5.